The van der Waals surface area contributed by atoms with Crippen LogP contribution in [0, 0.1) is 5.92 Å². The molecule has 0 unspecified atom stereocenters. The number of carbonyl (C=O) groups is 1. The van der Waals surface area contributed by atoms with Gasteiger partial charge in [0.2, 0.25) is 0 Å². The third-order valence-corrected chi connectivity index (χ3v) is 7.04. The van der Waals surface area contributed by atoms with Crippen molar-refractivity contribution in [3.05, 3.63) is 107 Å². The fourth-order valence-corrected chi connectivity index (χ4v) is 5.04. The van der Waals surface area contributed by atoms with Crippen LogP contribution in [0.4, 0.5) is 0 Å². The van der Waals surface area contributed by atoms with Gasteiger partial charge in [0, 0.05) is 30.1 Å². The molecule has 0 spiro atoms. The highest BCUT2D eigenvalue weighted by molar-refractivity contribution is 5.95. The number of pyridine rings is 1. The lowest BCUT2D eigenvalue weighted by atomic mass is 9.86. The van der Waals surface area contributed by atoms with Crippen molar-refractivity contribution in [1.82, 2.24) is 15.0 Å². The first-order chi connectivity index (χ1) is 17.7. The largest absolute Gasteiger partial charge is 0.456 e. The standard InChI is InChI=1S/C31H33N3O2/c35-31(36-22-25-10-5-2-6-11-25)30-28(12-7-19-32-30)26-16-13-23(14-17-26)15-18-29-33-21-27(34-29)20-24-8-3-1-4-9-24/h2,5-7,10-14,16-17,19,21,24H,1,3-4,8-9,15,18,20,22H2,(H,33,34). The summed E-state index contributed by atoms with van der Waals surface area (Å²) >= 11 is 0. The Morgan fingerprint density at radius 1 is 0.861 bits per heavy atom. The zero-order chi connectivity index (χ0) is 24.6. The summed E-state index contributed by atoms with van der Waals surface area (Å²) in [5, 5.41) is 0. The van der Waals surface area contributed by atoms with Crippen molar-refractivity contribution in [3.8, 4) is 11.1 Å². The lowest BCUT2D eigenvalue weighted by Gasteiger charge is -2.20. The van der Waals surface area contributed by atoms with E-state index in [0.29, 0.717) is 5.69 Å². The summed E-state index contributed by atoms with van der Waals surface area (Å²) in [4.78, 5) is 25.3. The Bertz CT molecular complexity index is 1260. The summed E-state index contributed by atoms with van der Waals surface area (Å²) in [7, 11) is 0. The number of hydrogen-bond acceptors (Lipinski definition) is 4. The van der Waals surface area contributed by atoms with Gasteiger partial charge in [-0.25, -0.2) is 14.8 Å². The zero-order valence-corrected chi connectivity index (χ0v) is 20.7. The molecular formula is C31H33N3O2. The van der Waals surface area contributed by atoms with Gasteiger partial charge in [-0.15, -0.1) is 0 Å². The molecule has 1 N–H and O–H groups in total. The van der Waals surface area contributed by atoms with Crippen LogP contribution >= 0.6 is 0 Å². The Morgan fingerprint density at radius 2 is 1.67 bits per heavy atom. The number of imidazole rings is 1. The first kappa shape index (κ1) is 24.0. The van der Waals surface area contributed by atoms with Crippen LogP contribution in [-0.4, -0.2) is 20.9 Å². The van der Waals surface area contributed by atoms with Gasteiger partial charge in [0.25, 0.3) is 0 Å². The van der Waals surface area contributed by atoms with Crippen molar-refractivity contribution < 1.29 is 9.53 Å². The Hall–Kier alpha value is -3.73. The first-order valence-corrected chi connectivity index (χ1v) is 13.0. The number of nitrogens with zero attached hydrogens (tertiary/aromatic N) is 2. The quantitative estimate of drug-likeness (QED) is 0.270. The van der Waals surface area contributed by atoms with E-state index in [2.05, 4.69) is 39.2 Å². The van der Waals surface area contributed by atoms with Crippen LogP contribution in [0.25, 0.3) is 11.1 Å². The molecule has 1 aliphatic carbocycles. The molecule has 0 saturated heterocycles. The minimum Gasteiger partial charge on any atom is -0.456 e. The number of hydrogen-bond donors (Lipinski definition) is 1. The van der Waals surface area contributed by atoms with E-state index in [1.807, 2.05) is 48.7 Å². The maximum absolute atomic E-state index is 12.8. The number of ether oxygens (including phenoxy) is 1. The number of nitrogens with one attached hydrogen (secondary N) is 1. The molecule has 36 heavy (non-hydrogen) atoms. The van der Waals surface area contributed by atoms with Crippen LogP contribution in [-0.2, 0) is 30.6 Å². The molecule has 1 fully saturated rings. The van der Waals surface area contributed by atoms with Gasteiger partial charge in [0.15, 0.2) is 5.69 Å². The molecule has 0 bridgehead atoms. The normalized spacial score (nSPS) is 14.0. The molecular weight excluding hydrogens is 446 g/mol. The topological polar surface area (TPSA) is 67.9 Å². The lowest BCUT2D eigenvalue weighted by molar-refractivity contribution is 0.0467. The minimum atomic E-state index is -0.416. The van der Waals surface area contributed by atoms with Crippen molar-refractivity contribution in [1.29, 1.82) is 0 Å². The molecule has 1 aliphatic rings. The Labute approximate surface area is 213 Å². The van der Waals surface area contributed by atoms with Crippen LogP contribution in [0.5, 0.6) is 0 Å². The molecule has 0 atom stereocenters. The first-order valence-electron chi connectivity index (χ1n) is 13.0. The maximum Gasteiger partial charge on any atom is 0.357 e. The Kier molecular flexibility index (Phi) is 7.86. The number of benzene rings is 2. The van der Waals surface area contributed by atoms with Crippen molar-refractivity contribution in [2.24, 2.45) is 5.92 Å². The molecule has 5 nitrogen and oxygen atoms in total. The molecule has 0 amide bonds. The van der Waals surface area contributed by atoms with Crippen molar-refractivity contribution in [2.45, 2.75) is 58.0 Å². The van der Waals surface area contributed by atoms with E-state index in [1.54, 1.807) is 6.20 Å². The van der Waals surface area contributed by atoms with E-state index >= 15 is 0 Å². The second kappa shape index (κ2) is 11.8. The third-order valence-electron chi connectivity index (χ3n) is 7.04. The van der Waals surface area contributed by atoms with E-state index in [4.69, 9.17) is 4.74 Å². The third kappa shape index (κ3) is 6.28. The predicted molar refractivity (Wildman–Crippen MR) is 142 cm³/mol. The molecule has 2 heterocycles. The fourth-order valence-electron chi connectivity index (χ4n) is 5.04. The molecule has 2 aromatic heterocycles. The van der Waals surface area contributed by atoms with Crippen LogP contribution in [0.2, 0.25) is 0 Å². The molecule has 184 valence electrons. The van der Waals surface area contributed by atoms with Gasteiger partial charge in [-0.05, 0) is 41.5 Å². The summed E-state index contributed by atoms with van der Waals surface area (Å²) in [6, 6.07) is 21.8. The minimum absolute atomic E-state index is 0.226. The highest BCUT2D eigenvalue weighted by atomic mass is 16.5. The van der Waals surface area contributed by atoms with Crippen LogP contribution in [0.3, 0.4) is 0 Å². The maximum atomic E-state index is 12.8. The fraction of sp³-hybridized carbons (Fsp3) is 0.323. The summed E-state index contributed by atoms with van der Waals surface area (Å²) in [5.41, 5.74) is 5.52. The smallest absolute Gasteiger partial charge is 0.357 e. The SMILES string of the molecule is O=C(OCc1ccccc1)c1ncccc1-c1ccc(CCc2ncc(CC3CCCCC3)[nH]2)cc1. The van der Waals surface area contributed by atoms with Gasteiger partial charge < -0.3 is 9.72 Å². The Morgan fingerprint density at radius 3 is 2.47 bits per heavy atom. The number of rotatable bonds is 9. The summed E-state index contributed by atoms with van der Waals surface area (Å²) in [6.07, 6.45) is 13.4. The predicted octanol–water partition coefficient (Wildman–Crippen LogP) is 6.74. The highest BCUT2D eigenvalue weighted by Gasteiger charge is 2.17. The molecule has 0 aliphatic heterocycles. The summed E-state index contributed by atoms with van der Waals surface area (Å²) < 4.78 is 5.53. The van der Waals surface area contributed by atoms with E-state index in [-0.39, 0.29) is 6.61 Å². The van der Waals surface area contributed by atoms with Gasteiger partial charge in [-0.2, -0.15) is 0 Å². The van der Waals surface area contributed by atoms with Gasteiger partial charge in [0.1, 0.15) is 12.4 Å². The summed E-state index contributed by atoms with van der Waals surface area (Å²) in [6.45, 7) is 0.226. The van der Waals surface area contributed by atoms with Gasteiger partial charge in [0.05, 0.1) is 0 Å². The number of aromatic nitrogens is 3. The molecule has 5 rings (SSSR count). The van der Waals surface area contributed by atoms with Crippen molar-refractivity contribution >= 4 is 5.97 Å². The van der Waals surface area contributed by atoms with E-state index in [1.165, 1.54) is 43.4 Å². The van der Waals surface area contributed by atoms with Crippen LogP contribution in [0.1, 0.15) is 65.2 Å². The number of esters is 1. The van der Waals surface area contributed by atoms with Gasteiger partial charge in [-0.1, -0.05) is 92.8 Å². The average Bonchev–Trinajstić information content (AvgIpc) is 3.39. The van der Waals surface area contributed by atoms with Gasteiger partial charge >= 0.3 is 5.97 Å². The Balaban J connectivity index is 1.18. The molecule has 2 aromatic carbocycles. The molecule has 0 radical (unpaired) electrons. The second-order valence-electron chi connectivity index (χ2n) is 9.72. The van der Waals surface area contributed by atoms with E-state index < -0.39 is 5.97 Å². The highest BCUT2D eigenvalue weighted by Crippen LogP contribution is 2.27. The van der Waals surface area contributed by atoms with Crippen molar-refractivity contribution in [2.75, 3.05) is 0 Å². The van der Waals surface area contributed by atoms with Crippen LogP contribution < -0.4 is 0 Å². The van der Waals surface area contributed by atoms with Crippen LogP contribution in [0.15, 0.2) is 79.1 Å². The van der Waals surface area contributed by atoms with Gasteiger partial charge in [-0.3, -0.25) is 0 Å². The molecule has 4 aromatic rings. The number of aryl methyl sites for hydroxylation is 2. The summed E-state index contributed by atoms with van der Waals surface area (Å²) in [5.74, 6) is 1.45. The molecule has 1 saturated carbocycles. The van der Waals surface area contributed by atoms with Crippen molar-refractivity contribution in [3.63, 3.8) is 0 Å². The number of aromatic amines is 1. The lowest BCUT2D eigenvalue weighted by Crippen LogP contribution is -2.09. The number of H-pyrrole nitrogens is 1. The van der Waals surface area contributed by atoms with E-state index in [0.717, 1.165) is 47.7 Å². The average molecular weight is 480 g/mol. The zero-order valence-electron chi connectivity index (χ0n) is 20.7. The second-order valence-corrected chi connectivity index (χ2v) is 9.72. The molecule has 5 heteroatoms. The monoisotopic (exact) mass is 479 g/mol. The van der Waals surface area contributed by atoms with E-state index in [9.17, 15) is 4.79 Å². The number of carbonyl (C=O) groups excluding carboxylic acids is 1.